The molecule has 21 heavy (non-hydrogen) atoms. The molecule has 0 radical (unpaired) electrons. The number of pyridine rings is 1. The van der Waals surface area contributed by atoms with Crippen LogP contribution in [0.4, 0.5) is 0 Å². The van der Waals surface area contributed by atoms with E-state index in [1.165, 1.54) is 22.3 Å². The summed E-state index contributed by atoms with van der Waals surface area (Å²) in [5.41, 5.74) is 5.09. The van der Waals surface area contributed by atoms with Gasteiger partial charge in [-0.1, -0.05) is 45.0 Å². The van der Waals surface area contributed by atoms with Crippen LogP contribution in [0.15, 0.2) is 42.7 Å². The monoisotopic (exact) mass is 282 g/mol. The zero-order valence-corrected chi connectivity index (χ0v) is 13.4. The van der Waals surface area contributed by atoms with E-state index in [1.807, 2.05) is 12.4 Å². The third kappa shape index (κ3) is 4.98. The Kier molecular flexibility index (Phi) is 5.94. The van der Waals surface area contributed by atoms with Gasteiger partial charge in [-0.25, -0.2) is 0 Å². The highest BCUT2D eigenvalue weighted by Crippen LogP contribution is 2.21. The van der Waals surface area contributed by atoms with E-state index in [9.17, 15) is 0 Å². The van der Waals surface area contributed by atoms with Gasteiger partial charge in [-0.15, -0.1) is 0 Å². The highest BCUT2D eigenvalue weighted by atomic mass is 14.8. The van der Waals surface area contributed by atoms with Crippen LogP contribution in [0.1, 0.15) is 38.3 Å². The highest BCUT2D eigenvalue weighted by molar-refractivity contribution is 5.63. The fourth-order valence-corrected chi connectivity index (χ4v) is 2.46. The first kappa shape index (κ1) is 15.7. The number of aromatic nitrogens is 1. The molecule has 2 aromatic rings. The lowest BCUT2D eigenvalue weighted by Gasteiger charge is -2.08. The van der Waals surface area contributed by atoms with Gasteiger partial charge < -0.3 is 5.32 Å². The first-order chi connectivity index (χ1) is 10.2. The zero-order chi connectivity index (χ0) is 15.1. The van der Waals surface area contributed by atoms with Gasteiger partial charge in [0, 0.05) is 24.5 Å². The average Bonchev–Trinajstić information content (AvgIpc) is 2.48. The Labute approximate surface area is 128 Å². The lowest BCUT2D eigenvalue weighted by molar-refractivity contribution is 0.647. The molecule has 0 amide bonds. The van der Waals surface area contributed by atoms with Crippen molar-refractivity contribution in [3.63, 3.8) is 0 Å². The molecular formula is C19H26N2. The molecule has 0 aliphatic heterocycles. The van der Waals surface area contributed by atoms with E-state index in [0.717, 1.165) is 25.9 Å². The number of nitrogens with one attached hydrogen (secondary N) is 1. The molecule has 0 bridgehead atoms. The van der Waals surface area contributed by atoms with Crippen LogP contribution in [0.25, 0.3) is 11.1 Å². The number of hydrogen-bond acceptors (Lipinski definition) is 2. The van der Waals surface area contributed by atoms with E-state index in [2.05, 4.69) is 61.4 Å². The Morgan fingerprint density at radius 2 is 1.76 bits per heavy atom. The molecule has 0 saturated carbocycles. The van der Waals surface area contributed by atoms with E-state index in [0.29, 0.717) is 5.92 Å². The molecule has 1 N–H and O–H groups in total. The molecule has 0 aliphatic carbocycles. The number of rotatable bonds is 7. The minimum atomic E-state index is 0.700. The molecule has 112 valence electrons. The summed E-state index contributed by atoms with van der Waals surface area (Å²) < 4.78 is 0. The average molecular weight is 282 g/mol. The van der Waals surface area contributed by atoms with Crippen LogP contribution in [0, 0.1) is 5.92 Å². The third-order valence-electron chi connectivity index (χ3n) is 3.48. The van der Waals surface area contributed by atoms with Crippen molar-refractivity contribution in [3.8, 4) is 11.1 Å². The van der Waals surface area contributed by atoms with Gasteiger partial charge in [0.25, 0.3) is 0 Å². The Hall–Kier alpha value is -1.67. The maximum absolute atomic E-state index is 4.37. The molecule has 1 aromatic carbocycles. The number of hydrogen-bond donors (Lipinski definition) is 1. The smallest absolute Gasteiger partial charge is 0.0346 e. The highest BCUT2D eigenvalue weighted by Gasteiger charge is 2.02. The molecule has 0 spiro atoms. The molecule has 1 aromatic heterocycles. The van der Waals surface area contributed by atoms with Gasteiger partial charge in [-0.2, -0.15) is 0 Å². The Morgan fingerprint density at radius 3 is 2.43 bits per heavy atom. The molecule has 1 heterocycles. The molecule has 0 saturated heterocycles. The predicted octanol–water partition coefficient (Wildman–Crippen LogP) is 4.45. The molecule has 2 heteroatoms. The topological polar surface area (TPSA) is 24.9 Å². The van der Waals surface area contributed by atoms with E-state index in [-0.39, 0.29) is 0 Å². The summed E-state index contributed by atoms with van der Waals surface area (Å²) >= 11 is 0. The second-order valence-corrected chi connectivity index (χ2v) is 6.05. The fourth-order valence-electron chi connectivity index (χ4n) is 2.46. The minimum absolute atomic E-state index is 0.700. The van der Waals surface area contributed by atoms with Crippen molar-refractivity contribution in [3.05, 3.63) is 53.9 Å². The summed E-state index contributed by atoms with van der Waals surface area (Å²) in [5, 5.41) is 3.42. The molecule has 0 atom stereocenters. The van der Waals surface area contributed by atoms with Gasteiger partial charge in [0.15, 0.2) is 0 Å². The molecule has 2 rings (SSSR count). The summed E-state index contributed by atoms with van der Waals surface area (Å²) in [6.45, 7) is 8.63. The van der Waals surface area contributed by atoms with E-state index in [1.54, 1.807) is 0 Å². The van der Waals surface area contributed by atoms with Crippen LogP contribution in [-0.2, 0) is 13.0 Å². The predicted molar refractivity (Wildman–Crippen MR) is 90.2 cm³/mol. The third-order valence-corrected chi connectivity index (χ3v) is 3.48. The quantitative estimate of drug-likeness (QED) is 0.759. The van der Waals surface area contributed by atoms with E-state index < -0.39 is 0 Å². The van der Waals surface area contributed by atoms with Gasteiger partial charge in [0.2, 0.25) is 0 Å². The van der Waals surface area contributed by atoms with Crippen LogP contribution >= 0.6 is 0 Å². The van der Waals surface area contributed by atoms with E-state index in [4.69, 9.17) is 0 Å². The Morgan fingerprint density at radius 1 is 1.00 bits per heavy atom. The van der Waals surface area contributed by atoms with Crippen molar-refractivity contribution >= 4 is 0 Å². The molecule has 0 fully saturated rings. The summed E-state index contributed by atoms with van der Waals surface area (Å²) in [6.07, 6.45) is 6.18. The van der Waals surface area contributed by atoms with Crippen LogP contribution < -0.4 is 5.32 Å². The van der Waals surface area contributed by atoms with E-state index >= 15 is 0 Å². The van der Waals surface area contributed by atoms with Gasteiger partial charge in [0.05, 0.1) is 0 Å². The lowest BCUT2D eigenvalue weighted by atomic mass is 9.99. The van der Waals surface area contributed by atoms with Crippen LogP contribution in [0.3, 0.4) is 0 Å². The summed E-state index contributed by atoms with van der Waals surface area (Å²) in [5.74, 6) is 0.700. The van der Waals surface area contributed by atoms with Crippen molar-refractivity contribution in [2.75, 3.05) is 6.54 Å². The van der Waals surface area contributed by atoms with Gasteiger partial charge >= 0.3 is 0 Å². The van der Waals surface area contributed by atoms with Crippen molar-refractivity contribution in [1.82, 2.24) is 10.3 Å². The minimum Gasteiger partial charge on any atom is -0.313 e. The maximum atomic E-state index is 4.37. The Balaban J connectivity index is 2.08. The van der Waals surface area contributed by atoms with Gasteiger partial charge in [-0.3, -0.25) is 4.98 Å². The summed E-state index contributed by atoms with van der Waals surface area (Å²) in [4.78, 5) is 4.37. The molecule has 2 nitrogen and oxygen atoms in total. The normalized spacial score (nSPS) is 11.0. The lowest BCUT2D eigenvalue weighted by Crippen LogP contribution is -2.13. The summed E-state index contributed by atoms with van der Waals surface area (Å²) in [6, 6.07) is 11.1. The van der Waals surface area contributed by atoms with Crippen molar-refractivity contribution in [2.24, 2.45) is 5.92 Å². The van der Waals surface area contributed by atoms with Gasteiger partial charge in [-0.05, 0) is 48.1 Å². The fraction of sp³-hybridized carbons (Fsp3) is 0.421. The summed E-state index contributed by atoms with van der Waals surface area (Å²) in [7, 11) is 0. The number of nitrogens with zero attached hydrogens (tertiary/aromatic N) is 1. The first-order valence-electron chi connectivity index (χ1n) is 7.93. The number of benzene rings is 1. The van der Waals surface area contributed by atoms with Crippen molar-refractivity contribution in [2.45, 2.75) is 40.2 Å². The first-order valence-corrected chi connectivity index (χ1v) is 7.93. The second kappa shape index (κ2) is 7.94. The van der Waals surface area contributed by atoms with Crippen molar-refractivity contribution < 1.29 is 0 Å². The molecule has 0 unspecified atom stereocenters. The van der Waals surface area contributed by atoms with Crippen molar-refractivity contribution in [1.29, 1.82) is 0 Å². The molecular weight excluding hydrogens is 256 g/mol. The molecule has 0 aliphatic rings. The largest absolute Gasteiger partial charge is 0.313 e. The second-order valence-electron chi connectivity index (χ2n) is 6.05. The standard InChI is InChI=1S/C19H26N2/c1-4-9-20-12-17-11-19(14-21-13-17)18-7-5-16(6-8-18)10-15(2)3/h5-8,11,13-15,20H,4,9-10,12H2,1-3H3. The van der Waals surface area contributed by atoms with Crippen LogP contribution in [0.5, 0.6) is 0 Å². The Bertz CT molecular complexity index is 544. The van der Waals surface area contributed by atoms with Gasteiger partial charge in [0.1, 0.15) is 0 Å². The van der Waals surface area contributed by atoms with Crippen LogP contribution in [0.2, 0.25) is 0 Å². The van der Waals surface area contributed by atoms with Crippen LogP contribution in [-0.4, -0.2) is 11.5 Å². The maximum Gasteiger partial charge on any atom is 0.0346 e. The zero-order valence-electron chi connectivity index (χ0n) is 13.4. The SMILES string of the molecule is CCCNCc1cncc(-c2ccc(CC(C)C)cc2)c1.